The van der Waals surface area contributed by atoms with Crippen LogP contribution in [-0.4, -0.2) is 46.1 Å². The number of carbonyl (C=O) groups is 1. The van der Waals surface area contributed by atoms with Gasteiger partial charge in [0.2, 0.25) is 5.91 Å². The predicted molar refractivity (Wildman–Crippen MR) is 273 cm³/mol. The van der Waals surface area contributed by atoms with Crippen molar-refractivity contribution < 1.29 is 20.1 Å². The number of nitrogens with one attached hydrogen (secondary N) is 1. The summed E-state index contributed by atoms with van der Waals surface area (Å²) in [6.07, 6.45) is 67.9. The van der Waals surface area contributed by atoms with E-state index >= 15 is 0 Å². The summed E-state index contributed by atoms with van der Waals surface area (Å²) in [4.78, 5) is 12.5. The van der Waals surface area contributed by atoms with E-state index in [0.717, 1.165) is 38.5 Å². The molecule has 62 heavy (non-hydrogen) atoms. The van der Waals surface area contributed by atoms with E-state index in [1.165, 1.54) is 238 Å². The van der Waals surface area contributed by atoms with Crippen molar-refractivity contribution in [2.24, 2.45) is 0 Å². The average molecular weight is 873 g/mol. The number of amides is 1. The van der Waals surface area contributed by atoms with Crippen molar-refractivity contribution in [2.75, 3.05) is 6.61 Å². The van der Waals surface area contributed by atoms with E-state index < -0.39 is 24.2 Å². The molecule has 0 aromatic carbocycles. The number of unbranched alkanes of at least 4 members (excludes halogenated alkanes) is 39. The first-order valence-electron chi connectivity index (χ1n) is 27.8. The molecule has 0 aromatic rings. The Labute approximate surface area is 387 Å². The summed E-state index contributed by atoms with van der Waals surface area (Å²) in [6, 6.07) is -0.815. The minimum atomic E-state index is -1.11. The number of aliphatic hydroxyl groups is 3. The van der Waals surface area contributed by atoms with Crippen LogP contribution in [0.15, 0.2) is 36.5 Å². The van der Waals surface area contributed by atoms with Crippen molar-refractivity contribution in [1.29, 1.82) is 0 Å². The van der Waals surface area contributed by atoms with Crippen LogP contribution < -0.4 is 5.32 Å². The van der Waals surface area contributed by atoms with E-state index in [4.69, 9.17) is 0 Å². The smallest absolute Gasteiger partial charge is 0.249 e. The highest BCUT2D eigenvalue weighted by Crippen LogP contribution is 2.17. The zero-order chi connectivity index (χ0) is 45.1. The fraction of sp³-hybridized carbons (Fsp3) is 0.877. The second-order valence-corrected chi connectivity index (χ2v) is 19.1. The maximum Gasteiger partial charge on any atom is 0.249 e. The molecule has 366 valence electrons. The predicted octanol–water partition coefficient (Wildman–Crippen LogP) is 17.1. The first kappa shape index (κ1) is 60.6. The van der Waals surface area contributed by atoms with Crippen LogP contribution in [0.2, 0.25) is 0 Å². The van der Waals surface area contributed by atoms with Crippen molar-refractivity contribution in [3.63, 3.8) is 0 Å². The third-order valence-corrected chi connectivity index (χ3v) is 13.0. The third-order valence-electron chi connectivity index (χ3n) is 13.0. The van der Waals surface area contributed by atoms with E-state index in [-0.39, 0.29) is 6.61 Å². The van der Waals surface area contributed by atoms with Crippen molar-refractivity contribution in [1.82, 2.24) is 5.32 Å². The summed E-state index contributed by atoms with van der Waals surface area (Å²) in [5.41, 5.74) is 0. The number of allylic oxidation sites excluding steroid dienone is 5. The summed E-state index contributed by atoms with van der Waals surface area (Å²) in [5.74, 6) is -0.510. The lowest BCUT2D eigenvalue weighted by Crippen LogP contribution is -2.48. The van der Waals surface area contributed by atoms with Crippen LogP contribution in [0.1, 0.15) is 296 Å². The van der Waals surface area contributed by atoms with E-state index in [1.807, 2.05) is 6.08 Å². The highest BCUT2D eigenvalue weighted by atomic mass is 16.3. The van der Waals surface area contributed by atoms with Crippen molar-refractivity contribution in [3.05, 3.63) is 36.5 Å². The van der Waals surface area contributed by atoms with Crippen LogP contribution in [-0.2, 0) is 4.79 Å². The van der Waals surface area contributed by atoms with Gasteiger partial charge in [-0.25, -0.2) is 0 Å². The zero-order valence-electron chi connectivity index (χ0n) is 41.8. The summed E-state index contributed by atoms with van der Waals surface area (Å²) < 4.78 is 0. The van der Waals surface area contributed by atoms with Gasteiger partial charge in [0.1, 0.15) is 6.10 Å². The van der Waals surface area contributed by atoms with Crippen LogP contribution in [0.3, 0.4) is 0 Å². The number of rotatable bonds is 51. The van der Waals surface area contributed by atoms with Crippen LogP contribution in [0, 0.1) is 0 Å². The first-order chi connectivity index (χ1) is 30.6. The Bertz CT molecular complexity index is 962. The highest BCUT2D eigenvalue weighted by Gasteiger charge is 2.22. The van der Waals surface area contributed by atoms with Crippen LogP contribution >= 0.6 is 0 Å². The Hall–Kier alpha value is -1.43. The first-order valence-corrected chi connectivity index (χ1v) is 27.8. The second kappa shape index (κ2) is 52.2. The molecule has 3 unspecified atom stereocenters. The van der Waals surface area contributed by atoms with Gasteiger partial charge in [0.15, 0.2) is 0 Å². The Morgan fingerprint density at radius 3 is 0.984 bits per heavy atom. The van der Waals surface area contributed by atoms with E-state index in [2.05, 4.69) is 43.5 Å². The molecular weight excluding hydrogens is 763 g/mol. The summed E-state index contributed by atoms with van der Waals surface area (Å²) in [7, 11) is 0. The van der Waals surface area contributed by atoms with Gasteiger partial charge in [-0.3, -0.25) is 4.79 Å². The molecule has 3 atom stereocenters. The molecule has 0 rings (SSSR count). The Morgan fingerprint density at radius 1 is 0.387 bits per heavy atom. The normalized spacial score (nSPS) is 13.6. The molecule has 4 N–H and O–H groups in total. The molecule has 0 heterocycles. The second-order valence-electron chi connectivity index (χ2n) is 19.1. The van der Waals surface area contributed by atoms with Gasteiger partial charge < -0.3 is 20.6 Å². The van der Waals surface area contributed by atoms with E-state index in [0.29, 0.717) is 6.42 Å². The molecule has 0 saturated heterocycles. The molecule has 1 amide bonds. The number of carbonyl (C=O) groups excluding carboxylic acids is 1. The quantitative estimate of drug-likeness (QED) is 0.0362. The molecule has 0 aliphatic rings. The molecule has 0 fully saturated rings. The molecule has 0 saturated carbocycles. The monoisotopic (exact) mass is 872 g/mol. The molecule has 5 heteroatoms. The molecule has 0 spiro atoms. The fourth-order valence-electron chi connectivity index (χ4n) is 8.61. The molecule has 0 aromatic heterocycles. The van der Waals surface area contributed by atoms with Crippen molar-refractivity contribution >= 4 is 5.91 Å². The molecule has 0 bridgehead atoms. The van der Waals surface area contributed by atoms with Gasteiger partial charge in [-0.2, -0.15) is 0 Å². The van der Waals surface area contributed by atoms with Gasteiger partial charge in [-0.05, 0) is 57.8 Å². The van der Waals surface area contributed by atoms with Gasteiger partial charge in [0.25, 0.3) is 0 Å². The largest absolute Gasteiger partial charge is 0.394 e. The van der Waals surface area contributed by atoms with Gasteiger partial charge in [-0.15, -0.1) is 0 Å². The lowest BCUT2D eigenvalue weighted by atomic mass is 10.0. The number of hydrogen-bond donors (Lipinski definition) is 4. The number of hydrogen-bond acceptors (Lipinski definition) is 4. The number of aliphatic hydroxyl groups excluding tert-OH is 3. The highest BCUT2D eigenvalue weighted by molar-refractivity contribution is 5.80. The molecule has 0 radical (unpaired) electrons. The SMILES string of the molecule is CCCCCCCCCCCCCC/C=C\CCCCCCCCCCCCCC(O)C(=O)NC(CO)C(O)/C=C/CC/C=C/CCCCCCCCCCCCCCCCC. The maximum atomic E-state index is 12.5. The lowest BCUT2D eigenvalue weighted by Gasteiger charge is -2.21. The van der Waals surface area contributed by atoms with Gasteiger partial charge in [-0.1, -0.05) is 275 Å². The minimum absolute atomic E-state index is 0.375. The fourth-order valence-corrected chi connectivity index (χ4v) is 8.61. The standard InChI is InChI=1S/C57H109NO4/c1-3-5-7-9-11-13-15-17-19-21-23-25-26-27-28-29-30-32-34-36-38-40-42-44-46-48-50-52-56(61)57(62)58-54(53-59)55(60)51-49-47-45-43-41-39-37-35-33-31-24-22-20-18-16-14-12-10-8-6-4-2/h27-28,41,43,49,51,54-56,59-61H,3-26,29-40,42,44-48,50,52-53H2,1-2H3,(H,58,62)/b28-27-,43-41+,51-49+. The summed E-state index contributed by atoms with van der Waals surface area (Å²) in [5, 5.41) is 33.3. The average Bonchev–Trinajstić information content (AvgIpc) is 3.28. The Morgan fingerprint density at radius 2 is 0.661 bits per heavy atom. The van der Waals surface area contributed by atoms with Crippen molar-refractivity contribution in [2.45, 2.75) is 315 Å². The summed E-state index contributed by atoms with van der Waals surface area (Å²) in [6.45, 7) is 4.20. The van der Waals surface area contributed by atoms with Crippen LogP contribution in [0.25, 0.3) is 0 Å². The van der Waals surface area contributed by atoms with Gasteiger partial charge in [0, 0.05) is 0 Å². The third kappa shape index (κ3) is 46.6. The lowest BCUT2D eigenvalue weighted by molar-refractivity contribution is -0.131. The molecule has 5 nitrogen and oxygen atoms in total. The zero-order valence-corrected chi connectivity index (χ0v) is 41.8. The van der Waals surface area contributed by atoms with Gasteiger partial charge in [0.05, 0.1) is 18.8 Å². The molecule has 0 aliphatic carbocycles. The Balaban J connectivity index is 3.60. The molecule has 0 aliphatic heterocycles. The van der Waals surface area contributed by atoms with E-state index in [9.17, 15) is 20.1 Å². The minimum Gasteiger partial charge on any atom is -0.394 e. The van der Waals surface area contributed by atoms with Gasteiger partial charge >= 0.3 is 0 Å². The molecular formula is C57H109NO4. The van der Waals surface area contributed by atoms with Crippen molar-refractivity contribution in [3.8, 4) is 0 Å². The Kier molecular flexibility index (Phi) is 51.0. The topological polar surface area (TPSA) is 89.8 Å². The van der Waals surface area contributed by atoms with E-state index in [1.54, 1.807) is 6.08 Å². The van der Waals surface area contributed by atoms with Crippen LogP contribution in [0.5, 0.6) is 0 Å². The van der Waals surface area contributed by atoms with Crippen LogP contribution in [0.4, 0.5) is 0 Å². The maximum absolute atomic E-state index is 12.5. The summed E-state index contributed by atoms with van der Waals surface area (Å²) >= 11 is 0.